The third kappa shape index (κ3) is 4.77. The van der Waals surface area contributed by atoms with Crippen LogP contribution in [0.2, 0.25) is 5.02 Å². The molecule has 1 aromatic carbocycles. The number of carbonyl (C=O) groups is 1. The van der Waals surface area contributed by atoms with E-state index < -0.39 is 0 Å². The highest BCUT2D eigenvalue weighted by molar-refractivity contribution is 8.00. The van der Waals surface area contributed by atoms with Crippen molar-refractivity contribution < 1.29 is 13.6 Å². The maximum Gasteiger partial charge on any atom is 0.233 e. The van der Waals surface area contributed by atoms with Crippen molar-refractivity contribution in [3.8, 4) is 11.4 Å². The molecule has 0 spiro atoms. The normalized spacial score (nSPS) is 12.1. The van der Waals surface area contributed by atoms with Crippen molar-refractivity contribution in [3.63, 3.8) is 0 Å². The molecule has 30 heavy (non-hydrogen) atoms. The molecule has 1 N–H and O–H groups in total. The van der Waals surface area contributed by atoms with E-state index in [0.29, 0.717) is 34.9 Å². The number of rotatable bonds is 8. The zero-order chi connectivity index (χ0) is 20.9. The Hall–Kier alpha value is -2.97. The van der Waals surface area contributed by atoms with Crippen LogP contribution in [-0.4, -0.2) is 25.9 Å². The average Bonchev–Trinajstić information content (AvgIpc) is 3.51. The Morgan fingerprint density at radius 2 is 1.80 bits per heavy atom. The Labute approximate surface area is 182 Å². The van der Waals surface area contributed by atoms with Crippen molar-refractivity contribution in [1.29, 1.82) is 0 Å². The molecule has 1 atom stereocenters. The van der Waals surface area contributed by atoms with Crippen molar-refractivity contribution in [2.24, 2.45) is 0 Å². The van der Waals surface area contributed by atoms with E-state index in [9.17, 15) is 4.79 Å². The third-order valence-corrected chi connectivity index (χ3v) is 5.71. The summed E-state index contributed by atoms with van der Waals surface area (Å²) in [7, 11) is 0. The molecule has 4 aromatic rings. The third-order valence-electron chi connectivity index (χ3n) is 4.38. The van der Waals surface area contributed by atoms with E-state index in [1.54, 1.807) is 30.7 Å². The maximum atomic E-state index is 12.5. The predicted octanol–water partition coefficient (Wildman–Crippen LogP) is 4.63. The van der Waals surface area contributed by atoms with Crippen LogP contribution in [0.25, 0.3) is 11.4 Å². The van der Waals surface area contributed by atoms with Gasteiger partial charge in [-0.1, -0.05) is 23.4 Å². The first-order valence-electron chi connectivity index (χ1n) is 9.28. The van der Waals surface area contributed by atoms with E-state index in [1.807, 2.05) is 41.8 Å². The van der Waals surface area contributed by atoms with Gasteiger partial charge in [-0.2, -0.15) is 0 Å². The molecule has 0 aliphatic carbocycles. The van der Waals surface area contributed by atoms with E-state index in [2.05, 4.69) is 15.5 Å². The molecule has 3 heterocycles. The van der Waals surface area contributed by atoms with E-state index >= 15 is 0 Å². The molecule has 0 fully saturated rings. The minimum absolute atomic E-state index is 0.114. The highest BCUT2D eigenvalue weighted by atomic mass is 35.5. The monoisotopic (exact) mass is 442 g/mol. The molecule has 0 bridgehead atoms. The fourth-order valence-corrected chi connectivity index (χ4v) is 3.83. The summed E-state index contributed by atoms with van der Waals surface area (Å²) in [6, 6.07) is 14.7. The van der Waals surface area contributed by atoms with Crippen LogP contribution >= 0.6 is 23.4 Å². The fourth-order valence-electron chi connectivity index (χ4n) is 2.83. The Bertz CT molecular complexity index is 1090. The molecule has 0 saturated heterocycles. The number of amides is 1. The van der Waals surface area contributed by atoms with Gasteiger partial charge in [0.15, 0.2) is 11.0 Å². The van der Waals surface area contributed by atoms with Gasteiger partial charge in [-0.15, -0.1) is 10.2 Å². The number of halogens is 1. The highest BCUT2D eigenvalue weighted by Crippen LogP contribution is 2.28. The van der Waals surface area contributed by atoms with Crippen molar-refractivity contribution in [2.75, 3.05) is 0 Å². The maximum absolute atomic E-state index is 12.5. The van der Waals surface area contributed by atoms with E-state index in [-0.39, 0.29) is 11.2 Å². The molecule has 3 aromatic heterocycles. The Balaban J connectivity index is 1.54. The van der Waals surface area contributed by atoms with Crippen LogP contribution in [0.4, 0.5) is 0 Å². The van der Waals surface area contributed by atoms with Crippen molar-refractivity contribution in [3.05, 3.63) is 77.6 Å². The summed E-state index contributed by atoms with van der Waals surface area (Å²) in [6.07, 6.45) is 3.20. The minimum Gasteiger partial charge on any atom is -0.467 e. The van der Waals surface area contributed by atoms with Gasteiger partial charge in [0.05, 0.1) is 30.9 Å². The number of thioether (sulfide) groups is 1. The Kier molecular flexibility index (Phi) is 6.25. The van der Waals surface area contributed by atoms with Gasteiger partial charge in [0.1, 0.15) is 11.5 Å². The number of hydrogen-bond acceptors (Lipinski definition) is 6. The lowest BCUT2D eigenvalue weighted by atomic mass is 10.2. The minimum atomic E-state index is -0.377. The van der Waals surface area contributed by atoms with Crippen LogP contribution in [0.1, 0.15) is 18.4 Å². The number of aromatic nitrogens is 3. The first kappa shape index (κ1) is 20.3. The summed E-state index contributed by atoms with van der Waals surface area (Å²) in [5.41, 5.74) is 0.875. The quantitative estimate of drug-likeness (QED) is 0.400. The Morgan fingerprint density at radius 3 is 2.47 bits per heavy atom. The lowest BCUT2D eigenvalue weighted by Gasteiger charge is -2.13. The van der Waals surface area contributed by atoms with Gasteiger partial charge < -0.3 is 14.2 Å². The molecular formula is C21H19ClN4O3S. The fraction of sp³-hybridized carbons (Fsp3) is 0.190. The number of nitrogens with one attached hydrogen (secondary N) is 1. The smallest absolute Gasteiger partial charge is 0.233 e. The molecule has 0 aliphatic heterocycles. The second-order valence-corrected chi connectivity index (χ2v) is 8.28. The first-order chi connectivity index (χ1) is 14.6. The van der Waals surface area contributed by atoms with Gasteiger partial charge in [-0.05, 0) is 55.5 Å². The summed E-state index contributed by atoms with van der Waals surface area (Å²) in [6.45, 7) is 2.61. The van der Waals surface area contributed by atoms with Crippen molar-refractivity contribution in [1.82, 2.24) is 20.1 Å². The number of furan rings is 2. The largest absolute Gasteiger partial charge is 0.467 e. The second-order valence-electron chi connectivity index (χ2n) is 6.54. The predicted molar refractivity (Wildman–Crippen MR) is 114 cm³/mol. The van der Waals surface area contributed by atoms with E-state index in [4.69, 9.17) is 20.4 Å². The Morgan fingerprint density at radius 1 is 1.10 bits per heavy atom. The van der Waals surface area contributed by atoms with Crippen molar-refractivity contribution >= 4 is 29.3 Å². The molecule has 0 unspecified atom stereocenters. The first-order valence-corrected chi connectivity index (χ1v) is 10.5. The molecular weight excluding hydrogens is 424 g/mol. The lowest BCUT2D eigenvalue weighted by molar-refractivity contribution is -0.120. The lowest BCUT2D eigenvalue weighted by Crippen LogP contribution is -2.30. The molecule has 9 heteroatoms. The van der Waals surface area contributed by atoms with Crippen LogP contribution in [0.5, 0.6) is 0 Å². The summed E-state index contributed by atoms with van der Waals surface area (Å²) in [4.78, 5) is 12.5. The molecule has 0 radical (unpaired) electrons. The van der Waals surface area contributed by atoms with Gasteiger partial charge >= 0.3 is 0 Å². The van der Waals surface area contributed by atoms with Gasteiger partial charge in [0, 0.05) is 10.6 Å². The topological polar surface area (TPSA) is 86.1 Å². The zero-order valence-electron chi connectivity index (χ0n) is 16.1. The van der Waals surface area contributed by atoms with Gasteiger partial charge in [-0.25, -0.2) is 0 Å². The van der Waals surface area contributed by atoms with Crippen LogP contribution in [0.3, 0.4) is 0 Å². The molecule has 4 rings (SSSR count). The van der Waals surface area contributed by atoms with Crippen LogP contribution in [-0.2, 0) is 17.9 Å². The summed E-state index contributed by atoms with van der Waals surface area (Å²) < 4.78 is 12.7. The van der Waals surface area contributed by atoms with Crippen LogP contribution < -0.4 is 5.32 Å². The van der Waals surface area contributed by atoms with Crippen LogP contribution in [0.15, 0.2) is 75.0 Å². The van der Waals surface area contributed by atoms with Gasteiger partial charge in [0.25, 0.3) is 0 Å². The zero-order valence-corrected chi connectivity index (χ0v) is 17.7. The molecule has 7 nitrogen and oxygen atoms in total. The number of carbonyl (C=O) groups excluding carboxylic acids is 1. The standard InChI is InChI=1S/C21H19ClN4O3S/c1-14(20(27)23-12-17-4-2-10-28-17)30-21-25-24-19(15-6-8-16(22)9-7-15)26(21)13-18-5-3-11-29-18/h2-11,14H,12-13H2,1H3,(H,23,27)/t14-/m0/s1. The molecule has 0 aliphatic rings. The number of hydrogen-bond donors (Lipinski definition) is 1. The highest BCUT2D eigenvalue weighted by Gasteiger charge is 2.21. The van der Waals surface area contributed by atoms with Gasteiger partial charge in [0.2, 0.25) is 5.91 Å². The van der Waals surface area contributed by atoms with E-state index in [1.165, 1.54) is 11.8 Å². The van der Waals surface area contributed by atoms with Crippen LogP contribution in [0, 0.1) is 0 Å². The SMILES string of the molecule is C[C@H](Sc1nnc(-c2ccc(Cl)cc2)n1Cc1ccco1)C(=O)NCc1ccco1. The summed E-state index contributed by atoms with van der Waals surface area (Å²) >= 11 is 7.35. The second kappa shape index (κ2) is 9.23. The molecule has 1 amide bonds. The van der Waals surface area contributed by atoms with Crippen molar-refractivity contribution in [2.45, 2.75) is 30.4 Å². The number of nitrogens with zero attached hydrogens (tertiary/aromatic N) is 3. The summed E-state index contributed by atoms with van der Waals surface area (Å²) in [5, 5.41) is 12.4. The average molecular weight is 443 g/mol. The van der Waals surface area contributed by atoms with E-state index in [0.717, 1.165) is 11.3 Å². The summed E-state index contributed by atoms with van der Waals surface area (Å²) in [5.74, 6) is 2.03. The van der Waals surface area contributed by atoms with Gasteiger partial charge in [-0.3, -0.25) is 9.36 Å². The number of benzene rings is 1. The molecule has 0 saturated carbocycles. The molecule has 154 valence electrons.